The largest absolute Gasteiger partial charge is 0.266 e. The van der Waals surface area contributed by atoms with E-state index in [1.165, 1.54) is 5.56 Å². The Kier molecular flexibility index (Phi) is 6.61. The molecule has 0 aliphatic rings. The minimum atomic E-state index is -1.56. The zero-order chi connectivity index (χ0) is 11.8. The fourth-order valence-electron chi connectivity index (χ4n) is 1.63. The first-order chi connectivity index (χ1) is 7.74. The molecule has 0 aromatic heterocycles. The van der Waals surface area contributed by atoms with Gasteiger partial charge >= 0.3 is 0 Å². The maximum absolute atomic E-state index is 11.8. The van der Waals surface area contributed by atoms with E-state index in [0.717, 1.165) is 23.3 Å². The first kappa shape index (κ1) is 13.6. The highest BCUT2D eigenvalue weighted by Gasteiger charge is 2.08. The maximum atomic E-state index is 11.8. The van der Waals surface area contributed by atoms with Gasteiger partial charge in [0.05, 0.1) is 0 Å². The van der Waals surface area contributed by atoms with Crippen LogP contribution in [0.5, 0.6) is 0 Å². The fraction of sp³-hybridized carbons (Fsp3) is 0.385. The summed E-state index contributed by atoms with van der Waals surface area (Å²) < 4.78 is 24.7. The van der Waals surface area contributed by atoms with E-state index in [2.05, 4.69) is 34.7 Å². The summed E-state index contributed by atoms with van der Waals surface area (Å²) in [5.74, 6) is 0.484. The van der Waals surface area contributed by atoms with Gasteiger partial charge in [-0.25, -0.2) is 0 Å². The Labute approximate surface area is 109 Å². The van der Waals surface area contributed by atoms with Crippen molar-refractivity contribution in [3.05, 3.63) is 48.1 Å². The molecule has 16 heavy (non-hydrogen) atoms. The van der Waals surface area contributed by atoms with Crippen molar-refractivity contribution in [2.24, 2.45) is 0 Å². The molecule has 1 atom stereocenters. The van der Waals surface area contributed by atoms with Crippen LogP contribution in [0.15, 0.2) is 42.5 Å². The van der Waals surface area contributed by atoms with Crippen LogP contribution in [0, 0.1) is 0 Å². The zero-order valence-corrected chi connectivity index (χ0v) is 11.2. The van der Waals surface area contributed by atoms with Gasteiger partial charge in [0.1, 0.15) is 0 Å². The minimum Gasteiger partial charge on any atom is -0.174 e. The van der Waals surface area contributed by atoms with Crippen molar-refractivity contribution in [1.82, 2.24) is 0 Å². The van der Waals surface area contributed by atoms with Gasteiger partial charge in [-0.1, -0.05) is 52.9 Å². The molecule has 0 N–H and O–H groups in total. The third kappa shape index (κ3) is 5.05. The summed E-state index contributed by atoms with van der Waals surface area (Å²) >= 11 is 2.35. The standard InChI is InChI=1S/C13H15F2I/c14-13(15)9-5-4-8-12(10-16)11-6-2-1-3-7-11/h1-3,6-7,9,12H,4-5,8,10H2. The number of allylic oxidation sites excluding steroid dienone is 1. The summed E-state index contributed by atoms with van der Waals surface area (Å²) in [7, 11) is 0. The predicted molar refractivity (Wildman–Crippen MR) is 72.2 cm³/mol. The van der Waals surface area contributed by atoms with Crippen molar-refractivity contribution < 1.29 is 8.78 Å². The quantitative estimate of drug-likeness (QED) is 0.383. The summed E-state index contributed by atoms with van der Waals surface area (Å²) in [5.41, 5.74) is 1.31. The number of alkyl halides is 1. The van der Waals surface area contributed by atoms with Crippen LogP contribution >= 0.6 is 22.6 Å². The van der Waals surface area contributed by atoms with Crippen LogP contribution in [-0.4, -0.2) is 4.43 Å². The molecule has 0 aliphatic heterocycles. The third-order valence-corrected chi connectivity index (χ3v) is 3.58. The van der Waals surface area contributed by atoms with Crippen molar-refractivity contribution in [1.29, 1.82) is 0 Å². The number of hydrogen-bond acceptors (Lipinski definition) is 0. The van der Waals surface area contributed by atoms with E-state index in [4.69, 9.17) is 0 Å². The molecule has 1 rings (SSSR count). The normalized spacial score (nSPS) is 12.2. The lowest BCUT2D eigenvalue weighted by Crippen LogP contribution is -1.99. The monoisotopic (exact) mass is 336 g/mol. The number of benzene rings is 1. The van der Waals surface area contributed by atoms with Crippen molar-refractivity contribution in [2.45, 2.75) is 25.2 Å². The molecule has 0 nitrogen and oxygen atoms in total. The number of rotatable bonds is 6. The Balaban J connectivity index is 2.41. The van der Waals surface area contributed by atoms with Crippen LogP contribution in [0.2, 0.25) is 0 Å². The summed E-state index contributed by atoms with van der Waals surface area (Å²) in [4.78, 5) is 0. The second-order valence-electron chi connectivity index (χ2n) is 3.69. The van der Waals surface area contributed by atoms with Gasteiger partial charge in [-0.05, 0) is 36.8 Å². The molecular formula is C13H15F2I. The molecule has 1 aromatic rings. The lowest BCUT2D eigenvalue weighted by atomic mass is 9.95. The average molecular weight is 336 g/mol. The first-order valence-electron chi connectivity index (χ1n) is 5.36. The minimum absolute atomic E-state index is 0.475. The van der Waals surface area contributed by atoms with Crippen molar-refractivity contribution in [2.75, 3.05) is 4.43 Å². The summed E-state index contributed by atoms with van der Waals surface area (Å²) in [5, 5.41) is 0. The smallest absolute Gasteiger partial charge is 0.174 e. The zero-order valence-electron chi connectivity index (χ0n) is 9.00. The van der Waals surface area contributed by atoms with Crippen LogP contribution in [0.25, 0.3) is 0 Å². The molecule has 1 unspecified atom stereocenters. The molecule has 0 saturated heterocycles. The Bertz CT molecular complexity index is 318. The summed E-state index contributed by atoms with van der Waals surface area (Å²) in [6.45, 7) is 0. The van der Waals surface area contributed by atoms with E-state index in [1.807, 2.05) is 18.2 Å². The number of hydrogen-bond donors (Lipinski definition) is 0. The van der Waals surface area contributed by atoms with E-state index < -0.39 is 6.08 Å². The molecule has 1 aromatic carbocycles. The van der Waals surface area contributed by atoms with E-state index in [9.17, 15) is 8.78 Å². The van der Waals surface area contributed by atoms with E-state index in [1.54, 1.807) is 0 Å². The highest BCUT2D eigenvalue weighted by molar-refractivity contribution is 14.1. The fourth-order valence-corrected chi connectivity index (χ4v) is 2.58. The molecular weight excluding hydrogens is 321 g/mol. The van der Waals surface area contributed by atoms with Crippen LogP contribution in [0.4, 0.5) is 8.78 Å². The lowest BCUT2D eigenvalue weighted by molar-refractivity contribution is 0.416. The molecule has 0 amide bonds. The molecule has 0 radical (unpaired) electrons. The Morgan fingerprint density at radius 2 is 1.94 bits per heavy atom. The molecule has 0 bridgehead atoms. The molecule has 88 valence electrons. The Morgan fingerprint density at radius 3 is 2.50 bits per heavy atom. The average Bonchev–Trinajstić information content (AvgIpc) is 2.30. The SMILES string of the molecule is FC(F)=CCCCC(CI)c1ccccc1. The van der Waals surface area contributed by atoms with Gasteiger partial charge < -0.3 is 0 Å². The molecule has 3 heteroatoms. The van der Waals surface area contributed by atoms with E-state index in [0.29, 0.717) is 12.3 Å². The van der Waals surface area contributed by atoms with Gasteiger partial charge in [0.25, 0.3) is 6.08 Å². The number of halogens is 3. The predicted octanol–water partition coefficient (Wildman–Crippen LogP) is 5.16. The van der Waals surface area contributed by atoms with Crippen molar-refractivity contribution in [3.63, 3.8) is 0 Å². The maximum Gasteiger partial charge on any atom is 0.266 e. The highest BCUT2D eigenvalue weighted by atomic mass is 127. The molecule has 0 fully saturated rings. The van der Waals surface area contributed by atoms with Crippen LogP contribution < -0.4 is 0 Å². The van der Waals surface area contributed by atoms with Gasteiger partial charge in [0.2, 0.25) is 0 Å². The van der Waals surface area contributed by atoms with E-state index >= 15 is 0 Å². The van der Waals surface area contributed by atoms with Crippen molar-refractivity contribution in [3.8, 4) is 0 Å². The Hall–Kier alpha value is -0.450. The topological polar surface area (TPSA) is 0 Å². The van der Waals surface area contributed by atoms with Gasteiger partial charge in [-0.2, -0.15) is 8.78 Å². The molecule has 0 saturated carbocycles. The summed E-state index contributed by atoms with van der Waals surface area (Å²) in [6.07, 6.45) is 1.71. The highest BCUT2D eigenvalue weighted by Crippen LogP contribution is 2.24. The second kappa shape index (κ2) is 7.76. The van der Waals surface area contributed by atoms with Crippen LogP contribution in [0.1, 0.15) is 30.7 Å². The van der Waals surface area contributed by atoms with Gasteiger partial charge in [0, 0.05) is 4.43 Å². The first-order valence-corrected chi connectivity index (χ1v) is 6.88. The molecule has 0 aliphatic carbocycles. The molecule has 0 spiro atoms. The van der Waals surface area contributed by atoms with Gasteiger partial charge in [-0.15, -0.1) is 0 Å². The Morgan fingerprint density at radius 1 is 1.25 bits per heavy atom. The van der Waals surface area contributed by atoms with Crippen molar-refractivity contribution >= 4 is 22.6 Å². The van der Waals surface area contributed by atoms with E-state index in [-0.39, 0.29) is 0 Å². The lowest BCUT2D eigenvalue weighted by Gasteiger charge is -2.13. The van der Waals surface area contributed by atoms with Gasteiger partial charge in [0.15, 0.2) is 0 Å². The number of unbranched alkanes of at least 4 members (excludes halogenated alkanes) is 1. The third-order valence-electron chi connectivity index (χ3n) is 2.51. The second-order valence-corrected chi connectivity index (χ2v) is 4.57. The summed E-state index contributed by atoms with van der Waals surface area (Å²) in [6, 6.07) is 10.3. The van der Waals surface area contributed by atoms with Crippen LogP contribution in [-0.2, 0) is 0 Å². The van der Waals surface area contributed by atoms with Gasteiger partial charge in [-0.3, -0.25) is 0 Å². The van der Waals surface area contributed by atoms with Crippen LogP contribution in [0.3, 0.4) is 0 Å². The molecule has 0 heterocycles.